The summed E-state index contributed by atoms with van der Waals surface area (Å²) < 4.78 is 1.65. The summed E-state index contributed by atoms with van der Waals surface area (Å²) in [4.78, 5) is 16.4. The van der Waals surface area contributed by atoms with Gasteiger partial charge in [-0.2, -0.15) is 5.26 Å². The molecule has 5 nitrogen and oxygen atoms in total. The number of rotatable bonds is 4. The number of hydrogen-bond donors (Lipinski definition) is 1. The lowest BCUT2D eigenvalue weighted by molar-refractivity contribution is 0.102. The topological polar surface area (TPSA) is 70.7 Å². The van der Waals surface area contributed by atoms with E-state index >= 15 is 0 Å². The molecule has 0 unspecified atom stereocenters. The minimum atomic E-state index is -0.382. The Bertz CT molecular complexity index is 975. The van der Waals surface area contributed by atoms with Gasteiger partial charge in [0.1, 0.15) is 6.07 Å². The van der Waals surface area contributed by atoms with Crippen molar-refractivity contribution in [1.82, 2.24) is 9.55 Å². The van der Waals surface area contributed by atoms with E-state index in [0.717, 1.165) is 5.56 Å². The number of nitrogens with one attached hydrogen (secondary N) is 1. The van der Waals surface area contributed by atoms with Crippen LogP contribution in [0.5, 0.6) is 0 Å². The molecule has 1 heterocycles. The van der Waals surface area contributed by atoms with Gasteiger partial charge in [0.05, 0.1) is 6.33 Å². The van der Waals surface area contributed by atoms with Crippen molar-refractivity contribution < 1.29 is 4.79 Å². The van der Waals surface area contributed by atoms with Crippen LogP contribution in [0.4, 0.5) is 5.82 Å². The fraction of sp³-hybridized carbons (Fsp3) is 0.0556. The van der Waals surface area contributed by atoms with E-state index in [1.165, 1.54) is 6.33 Å². The summed E-state index contributed by atoms with van der Waals surface area (Å²) in [5.41, 5.74) is 1.57. The maximum absolute atomic E-state index is 12.3. The molecule has 0 atom stereocenters. The van der Waals surface area contributed by atoms with Crippen molar-refractivity contribution in [2.45, 2.75) is 6.54 Å². The molecule has 0 aliphatic heterocycles. The number of carbonyl (C=O) groups excluding carboxylic acids is 1. The number of anilines is 1. The molecule has 0 saturated heterocycles. The van der Waals surface area contributed by atoms with Crippen LogP contribution < -0.4 is 5.32 Å². The Hall–Kier alpha value is -2.81. The van der Waals surface area contributed by atoms with Gasteiger partial charge in [-0.3, -0.25) is 4.79 Å². The molecule has 0 saturated carbocycles. The first kappa shape index (κ1) is 17.0. The Kier molecular flexibility index (Phi) is 5.03. The van der Waals surface area contributed by atoms with Gasteiger partial charge < -0.3 is 9.88 Å². The third kappa shape index (κ3) is 4.00. The summed E-state index contributed by atoms with van der Waals surface area (Å²) in [6.07, 6.45) is 1.51. The zero-order valence-corrected chi connectivity index (χ0v) is 14.4. The summed E-state index contributed by atoms with van der Waals surface area (Å²) in [7, 11) is 0. The first-order valence-corrected chi connectivity index (χ1v) is 8.09. The third-order valence-corrected chi connectivity index (χ3v) is 3.97. The van der Waals surface area contributed by atoms with Gasteiger partial charge in [0.15, 0.2) is 11.5 Å². The van der Waals surface area contributed by atoms with Gasteiger partial charge in [-0.1, -0.05) is 41.4 Å². The van der Waals surface area contributed by atoms with Crippen LogP contribution in [0.15, 0.2) is 54.9 Å². The third-order valence-electron chi connectivity index (χ3n) is 3.50. The molecule has 1 amide bonds. The summed E-state index contributed by atoms with van der Waals surface area (Å²) in [6, 6.07) is 15.9. The molecule has 0 fully saturated rings. The second-order valence-electron chi connectivity index (χ2n) is 5.28. The molecule has 124 valence electrons. The van der Waals surface area contributed by atoms with Gasteiger partial charge in [0.2, 0.25) is 0 Å². The number of nitriles is 1. The molecule has 0 aliphatic carbocycles. The molecule has 7 heteroatoms. The molecule has 1 aromatic heterocycles. The largest absolute Gasteiger partial charge is 0.316 e. The lowest BCUT2D eigenvalue weighted by Crippen LogP contribution is -2.13. The number of hydrogen-bond acceptors (Lipinski definition) is 3. The number of benzene rings is 2. The first-order chi connectivity index (χ1) is 12.1. The number of nitrogens with zero attached hydrogens (tertiary/aromatic N) is 3. The van der Waals surface area contributed by atoms with Gasteiger partial charge >= 0.3 is 0 Å². The molecule has 25 heavy (non-hydrogen) atoms. The maximum Gasteiger partial charge on any atom is 0.256 e. The second kappa shape index (κ2) is 7.39. The molecule has 3 aromatic rings. The van der Waals surface area contributed by atoms with Crippen LogP contribution in [-0.2, 0) is 6.54 Å². The summed E-state index contributed by atoms with van der Waals surface area (Å²) in [5.74, 6) is -0.179. The molecule has 0 bridgehead atoms. The minimum absolute atomic E-state index is 0.203. The number of amides is 1. The van der Waals surface area contributed by atoms with Gasteiger partial charge in [0.25, 0.3) is 5.91 Å². The van der Waals surface area contributed by atoms with E-state index in [1.807, 2.05) is 18.2 Å². The van der Waals surface area contributed by atoms with E-state index in [9.17, 15) is 10.1 Å². The van der Waals surface area contributed by atoms with Crippen LogP contribution in [0.3, 0.4) is 0 Å². The van der Waals surface area contributed by atoms with E-state index in [0.29, 0.717) is 22.2 Å². The van der Waals surface area contributed by atoms with Crippen LogP contribution in [-0.4, -0.2) is 15.5 Å². The summed E-state index contributed by atoms with van der Waals surface area (Å²) >= 11 is 11.9. The molecule has 2 aromatic carbocycles. The fourth-order valence-electron chi connectivity index (χ4n) is 2.35. The molecule has 0 radical (unpaired) electrons. The highest BCUT2D eigenvalue weighted by atomic mass is 35.5. The van der Waals surface area contributed by atoms with Crippen LogP contribution in [0.1, 0.15) is 21.6 Å². The van der Waals surface area contributed by atoms with Crippen molar-refractivity contribution in [3.63, 3.8) is 0 Å². The fourth-order valence-corrected chi connectivity index (χ4v) is 2.76. The second-order valence-corrected chi connectivity index (χ2v) is 6.15. The number of imidazole rings is 1. The summed E-state index contributed by atoms with van der Waals surface area (Å²) in [6.45, 7) is 0.420. The molecular weight excluding hydrogens is 359 g/mol. The first-order valence-electron chi connectivity index (χ1n) is 7.33. The molecule has 0 spiro atoms. The van der Waals surface area contributed by atoms with Crippen molar-refractivity contribution >= 4 is 34.9 Å². The molecule has 0 aliphatic rings. The van der Waals surface area contributed by atoms with Crippen molar-refractivity contribution in [2.24, 2.45) is 0 Å². The van der Waals surface area contributed by atoms with Crippen molar-refractivity contribution in [2.75, 3.05) is 5.32 Å². The Morgan fingerprint density at radius 1 is 1.16 bits per heavy atom. The number of carbonyl (C=O) groups is 1. The highest BCUT2D eigenvalue weighted by Gasteiger charge is 2.15. The average molecular weight is 371 g/mol. The predicted molar refractivity (Wildman–Crippen MR) is 96.9 cm³/mol. The number of aromatic nitrogens is 2. The van der Waals surface area contributed by atoms with Gasteiger partial charge in [-0.25, -0.2) is 4.98 Å². The van der Waals surface area contributed by atoms with E-state index in [4.69, 9.17) is 23.2 Å². The highest BCUT2D eigenvalue weighted by molar-refractivity contribution is 6.31. The zero-order valence-electron chi connectivity index (χ0n) is 12.9. The summed E-state index contributed by atoms with van der Waals surface area (Å²) in [5, 5.41) is 13.2. The van der Waals surface area contributed by atoms with E-state index in [2.05, 4.69) is 16.4 Å². The van der Waals surface area contributed by atoms with Crippen molar-refractivity contribution in [3.8, 4) is 6.07 Å². The van der Waals surface area contributed by atoms with E-state index < -0.39 is 0 Å². The zero-order chi connectivity index (χ0) is 17.8. The smallest absolute Gasteiger partial charge is 0.256 e. The highest BCUT2D eigenvalue weighted by Crippen LogP contribution is 2.18. The minimum Gasteiger partial charge on any atom is -0.316 e. The Balaban J connectivity index is 1.83. The Morgan fingerprint density at radius 3 is 2.56 bits per heavy atom. The van der Waals surface area contributed by atoms with Crippen molar-refractivity contribution in [1.29, 1.82) is 5.26 Å². The Labute approximate surface area is 154 Å². The number of halogens is 2. The monoisotopic (exact) mass is 370 g/mol. The van der Waals surface area contributed by atoms with Gasteiger partial charge in [-0.05, 0) is 35.9 Å². The molecule has 3 rings (SSSR count). The normalized spacial score (nSPS) is 10.3. The van der Waals surface area contributed by atoms with Crippen molar-refractivity contribution in [3.05, 3.63) is 81.7 Å². The van der Waals surface area contributed by atoms with Gasteiger partial charge in [0, 0.05) is 22.2 Å². The lowest BCUT2D eigenvalue weighted by atomic mass is 10.2. The van der Waals surface area contributed by atoms with Crippen LogP contribution in [0.2, 0.25) is 10.0 Å². The average Bonchev–Trinajstić information content (AvgIpc) is 2.96. The van der Waals surface area contributed by atoms with E-state index in [1.54, 1.807) is 34.9 Å². The van der Waals surface area contributed by atoms with Crippen LogP contribution in [0, 0.1) is 11.3 Å². The van der Waals surface area contributed by atoms with E-state index in [-0.39, 0.29) is 17.4 Å². The van der Waals surface area contributed by atoms with Crippen LogP contribution >= 0.6 is 23.2 Å². The quantitative estimate of drug-likeness (QED) is 0.741. The predicted octanol–water partition coefficient (Wildman–Crippen LogP) is 4.36. The molecule has 1 N–H and O–H groups in total. The molecular formula is C18H12Cl2N4O. The lowest BCUT2D eigenvalue weighted by Gasteiger charge is -2.06. The standard InChI is InChI=1S/C18H12Cl2N4O/c19-14-5-1-3-12(7-14)10-24-11-22-17(16(24)9-21)23-18(25)13-4-2-6-15(20)8-13/h1-8,11H,10H2,(H,23,25). The Morgan fingerprint density at radius 2 is 1.88 bits per heavy atom. The SMILES string of the molecule is N#Cc1c(NC(=O)c2cccc(Cl)c2)ncn1Cc1cccc(Cl)c1. The van der Waals surface area contributed by atoms with Gasteiger partial charge in [-0.15, -0.1) is 0 Å². The maximum atomic E-state index is 12.3. The van der Waals surface area contributed by atoms with Crippen LogP contribution in [0.25, 0.3) is 0 Å².